The molecule has 1 fully saturated rings. The molecule has 0 atom stereocenters. The van der Waals surface area contributed by atoms with Gasteiger partial charge in [0.25, 0.3) is 5.91 Å². The van der Waals surface area contributed by atoms with Gasteiger partial charge in [-0.1, -0.05) is 17.7 Å². The topological polar surface area (TPSA) is 71.8 Å². The van der Waals surface area contributed by atoms with Crippen LogP contribution in [-0.4, -0.2) is 58.4 Å². The zero-order chi connectivity index (χ0) is 17.8. The van der Waals surface area contributed by atoms with Gasteiger partial charge in [-0.15, -0.1) is 5.10 Å². The lowest BCUT2D eigenvalue weighted by atomic mass is 10.2. The minimum Gasteiger partial charge on any atom is -0.378 e. The third-order valence-corrected chi connectivity index (χ3v) is 4.96. The number of thiocarbonyl (C=S) groups is 1. The molecule has 0 unspecified atom stereocenters. The number of amides is 1. The molecular formula is C16H19N5O2S2. The maximum atomic E-state index is 12.9. The van der Waals surface area contributed by atoms with Crippen molar-refractivity contribution in [2.45, 2.75) is 6.92 Å². The molecule has 132 valence electrons. The van der Waals surface area contributed by atoms with Crippen molar-refractivity contribution in [3.05, 3.63) is 40.2 Å². The van der Waals surface area contributed by atoms with Gasteiger partial charge in [-0.2, -0.15) is 4.07 Å². The molecule has 0 bridgehead atoms. The summed E-state index contributed by atoms with van der Waals surface area (Å²) in [6.07, 6.45) is 0. The van der Waals surface area contributed by atoms with Gasteiger partial charge >= 0.3 is 0 Å². The van der Waals surface area contributed by atoms with Crippen LogP contribution in [0.3, 0.4) is 0 Å². The molecule has 1 aromatic heterocycles. The van der Waals surface area contributed by atoms with Crippen molar-refractivity contribution in [2.75, 3.05) is 33.4 Å². The lowest BCUT2D eigenvalue weighted by molar-refractivity contribution is 0.0297. The number of hydrogen-bond acceptors (Lipinski definition) is 5. The average molecular weight is 377 g/mol. The molecular weight excluding hydrogens is 358 g/mol. The van der Waals surface area contributed by atoms with E-state index in [2.05, 4.69) is 15.4 Å². The lowest BCUT2D eigenvalue weighted by Crippen LogP contribution is -2.42. The van der Waals surface area contributed by atoms with Gasteiger partial charge in [0.15, 0.2) is 15.5 Å². The summed E-state index contributed by atoms with van der Waals surface area (Å²) >= 11 is 6.42. The van der Waals surface area contributed by atoms with Crippen LogP contribution < -0.4 is 9.99 Å². The number of aromatic nitrogens is 2. The second kappa shape index (κ2) is 7.85. The molecule has 9 heteroatoms. The Morgan fingerprint density at radius 2 is 2.00 bits per heavy atom. The number of benzene rings is 1. The largest absolute Gasteiger partial charge is 0.378 e. The van der Waals surface area contributed by atoms with Gasteiger partial charge in [0, 0.05) is 20.1 Å². The van der Waals surface area contributed by atoms with Crippen LogP contribution in [0.15, 0.2) is 29.3 Å². The van der Waals surface area contributed by atoms with Crippen LogP contribution in [0.25, 0.3) is 5.69 Å². The first-order chi connectivity index (χ1) is 12.1. The van der Waals surface area contributed by atoms with Crippen LogP contribution in [0.5, 0.6) is 0 Å². The van der Waals surface area contributed by atoms with E-state index in [1.54, 1.807) is 16.0 Å². The Hall–Kier alpha value is -2.10. The standard InChI is InChI=1S/C16H19N5O2S2/c1-11-3-5-12(6-4-11)21-19-13(14(25-21)18-16(24)17-2)15(22)20-7-9-23-10-8-20/h3-6H,7-10H2,1-2H3,(H,17,24)/b18-14-. The van der Waals surface area contributed by atoms with E-state index in [1.807, 2.05) is 31.2 Å². The fourth-order valence-corrected chi connectivity index (χ4v) is 3.34. The number of ether oxygens (including phenoxy) is 1. The van der Waals surface area contributed by atoms with E-state index in [0.717, 1.165) is 11.3 Å². The van der Waals surface area contributed by atoms with Crippen LogP contribution in [0.2, 0.25) is 0 Å². The van der Waals surface area contributed by atoms with Gasteiger partial charge in [0.1, 0.15) is 0 Å². The van der Waals surface area contributed by atoms with E-state index < -0.39 is 0 Å². The summed E-state index contributed by atoms with van der Waals surface area (Å²) in [6.45, 7) is 4.20. The van der Waals surface area contributed by atoms with Crippen LogP contribution in [-0.2, 0) is 4.74 Å². The predicted molar refractivity (Wildman–Crippen MR) is 100 cm³/mol. The number of aryl methyl sites for hydroxylation is 1. The first-order valence-corrected chi connectivity index (χ1v) is 9.08. The molecule has 0 aliphatic carbocycles. The highest BCUT2D eigenvalue weighted by Crippen LogP contribution is 2.12. The normalized spacial score (nSPS) is 15.3. The first kappa shape index (κ1) is 17.7. The number of nitrogens with one attached hydrogen (secondary N) is 1. The van der Waals surface area contributed by atoms with Crippen molar-refractivity contribution < 1.29 is 9.53 Å². The minimum atomic E-state index is -0.150. The monoisotopic (exact) mass is 377 g/mol. The quantitative estimate of drug-likeness (QED) is 0.794. The van der Waals surface area contributed by atoms with Crippen LogP contribution >= 0.6 is 23.8 Å². The van der Waals surface area contributed by atoms with Crippen molar-refractivity contribution in [1.82, 2.24) is 19.4 Å². The summed E-state index contributed by atoms with van der Waals surface area (Å²) in [6, 6.07) is 7.93. The molecule has 1 amide bonds. The summed E-state index contributed by atoms with van der Waals surface area (Å²) in [5.74, 6) is -0.150. The molecule has 1 aliphatic heterocycles. The molecule has 0 saturated carbocycles. The Bertz CT molecular complexity index is 835. The van der Waals surface area contributed by atoms with E-state index in [-0.39, 0.29) is 5.91 Å². The second-order valence-electron chi connectivity index (χ2n) is 5.53. The van der Waals surface area contributed by atoms with E-state index >= 15 is 0 Å². The Labute approximate surface area is 155 Å². The zero-order valence-electron chi connectivity index (χ0n) is 14.1. The number of carbonyl (C=O) groups is 1. The Morgan fingerprint density at radius 3 is 2.64 bits per heavy atom. The molecule has 7 nitrogen and oxygen atoms in total. The summed E-state index contributed by atoms with van der Waals surface area (Å²) in [5.41, 5.74) is 2.35. The van der Waals surface area contributed by atoms with E-state index in [4.69, 9.17) is 17.0 Å². The molecule has 25 heavy (non-hydrogen) atoms. The highest BCUT2D eigenvalue weighted by Gasteiger charge is 2.24. The summed E-state index contributed by atoms with van der Waals surface area (Å²) in [4.78, 5) is 18.9. The zero-order valence-corrected chi connectivity index (χ0v) is 15.7. The van der Waals surface area contributed by atoms with Gasteiger partial charge in [-0.25, -0.2) is 4.99 Å². The van der Waals surface area contributed by atoms with Crippen LogP contribution in [0.1, 0.15) is 16.1 Å². The van der Waals surface area contributed by atoms with Gasteiger partial charge in [-0.05, 0) is 42.8 Å². The molecule has 1 saturated heterocycles. The molecule has 1 aromatic carbocycles. The van der Waals surface area contributed by atoms with Gasteiger partial charge in [0.2, 0.25) is 0 Å². The molecule has 2 heterocycles. The third kappa shape index (κ3) is 4.12. The molecule has 1 aliphatic rings. The van der Waals surface area contributed by atoms with Crippen molar-refractivity contribution in [1.29, 1.82) is 0 Å². The van der Waals surface area contributed by atoms with Crippen molar-refractivity contribution in [3.63, 3.8) is 0 Å². The third-order valence-electron chi connectivity index (χ3n) is 3.74. The smallest absolute Gasteiger partial charge is 0.277 e. The predicted octanol–water partition coefficient (Wildman–Crippen LogP) is 1.12. The number of morpholine rings is 1. The maximum Gasteiger partial charge on any atom is 0.277 e. The number of carbonyl (C=O) groups excluding carboxylic acids is 1. The maximum absolute atomic E-state index is 12.9. The van der Waals surface area contributed by atoms with Gasteiger partial charge < -0.3 is 15.0 Å². The number of rotatable bonds is 2. The summed E-state index contributed by atoms with van der Waals surface area (Å²) in [7, 11) is 1.70. The SMILES string of the molecule is CNC(=S)/N=c1\sn(-c2ccc(C)cc2)nc1C(=O)N1CCOCC1. The molecule has 1 N–H and O–H groups in total. The van der Waals surface area contributed by atoms with Crippen LogP contribution in [0.4, 0.5) is 0 Å². The Kier molecular flexibility index (Phi) is 5.57. The molecule has 2 aromatic rings. The van der Waals surface area contributed by atoms with Crippen molar-refractivity contribution in [3.8, 4) is 5.69 Å². The first-order valence-electron chi connectivity index (χ1n) is 7.89. The average Bonchev–Trinajstić information content (AvgIpc) is 3.06. The van der Waals surface area contributed by atoms with Crippen LogP contribution in [0, 0.1) is 6.92 Å². The minimum absolute atomic E-state index is 0.150. The fraction of sp³-hybridized carbons (Fsp3) is 0.375. The summed E-state index contributed by atoms with van der Waals surface area (Å²) in [5, 5.41) is 7.62. The van der Waals surface area contributed by atoms with Crippen molar-refractivity contribution in [2.24, 2.45) is 4.99 Å². The van der Waals surface area contributed by atoms with Gasteiger partial charge in [0.05, 0.1) is 18.9 Å². The van der Waals surface area contributed by atoms with Crippen molar-refractivity contribution >= 4 is 34.8 Å². The fourth-order valence-electron chi connectivity index (χ4n) is 2.33. The van der Waals surface area contributed by atoms with Gasteiger partial charge in [-0.3, -0.25) is 4.79 Å². The Morgan fingerprint density at radius 1 is 1.32 bits per heavy atom. The molecule has 3 rings (SSSR count). The van der Waals surface area contributed by atoms with E-state index in [9.17, 15) is 4.79 Å². The molecule has 0 spiro atoms. The number of hydrogen-bond donors (Lipinski definition) is 1. The van der Waals surface area contributed by atoms with E-state index in [1.165, 1.54) is 11.5 Å². The molecule has 0 radical (unpaired) electrons. The van der Waals surface area contributed by atoms with E-state index in [0.29, 0.717) is 41.8 Å². The highest BCUT2D eigenvalue weighted by atomic mass is 32.1. The summed E-state index contributed by atoms with van der Waals surface area (Å²) < 4.78 is 7.51. The second-order valence-corrected chi connectivity index (χ2v) is 6.83. The lowest BCUT2D eigenvalue weighted by Gasteiger charge is -2.25. The Balaban J connectivity index is 2.02. The highest BCUT2D eigenvalue weighted by molar-refractivity contribution is 7.80. The number of nitrogens with zero attached hydrogens (tertiary/aromatic N) is 4.